The zero-order valence-electron chi connectivity index (χ0n) is 11.6. The summed E-state index contributed by atoms with van der Waals surface area (Å²) in [6, 6.07) is 8.19. The van der Waals surface area contributed by atoms with E-state index in [9.17, 15) is 0 Å². The van der Waals surface area contributed by atoms with Gasteiger partial charge in [-0.15, -0.1) is 0 Å². The Balaban J connectivity index is 1.67. The van der Waals surface area contributed by atoms with Gasteiger partial charge in [-0.2, -0.15) is 4.98 Å². The first-order valence-corrected chi connectivity index (χ1v) is 7.75. The molecular formula is C15H18BrN3O. The van der Waals surface area contributed by atoms with Crippen LogP contribution >= 0.6 is 15.9 Å². The number of aromatic nitrogens is 2. The molecule has 0 unspecified atom stereocenters. The Morgan fingerprint density at radius 1 is 1.35 bits per heavy atom. The lowest BCUT2D eigenvalue weighted by Gasteiger charge is -2.26. The van der Waals surface area contributed by atoms with Gasteiger partial charge in [-0.1, -0.05) is 33.2 Å². The van der Waals surface area contributed by atoms with Crippen LogP contribution in [-0.2, 0) is 6.42 Å². The van der Waals surface area contributed by atoms with Gasteiger partial charge in [-0.05, 0) is 50.7 Å². The van der Waals surface area contributed by atoms with Crippen molar-refractivity contribution in [3.63, 3.8) is 0 Å². The van der Waals surface area contributed by atoms with Crippen LogP contribution in [0.4, 0.5) is 0 Å². The summed E-state index contributed by atoms with van der Waals surface area (Å²) in [5.41, 5.74) is 1.18. The van der Waals surface area contributed by atoms with Crippen molar-refractivity contribution in [1.82, 2.24) is 15.0 Å². The molecule has 2 heterocycles. The first-order chi connectivity index (χ1) is 9.70. The largest absolute Gasteiger partial charge is 0.339 e. The average Bonchev–Trinajstić information content (AvgIpc) is 2.88. The highest BCUT2D eigenvalue weighted by atomic mass is 79.9. The van der Waals surface area contributed by atoms with Crippen molar-refractivity contribution in [1.29, 1.82) is 0 Å². The number of hydrogen-bond donors (Lipinski definition) is 0. The third kappa shape index (κ3) is 3.27. The maximum absolute atomic E-state index is 5.40. The van der Waals surface area contributed by atoms with Gasteiger partial charge in [-0.3, -0.25) is 0 Å². The quantitative estimate of drug-likeness (QED) is 0.863. The lowest BCUT2D eigenvalue weighted by molar-refractivity contribution is 0.248. The summed E-state index contributed by atoms with van der Waals surface area (Å²) in [4.78, 5) is 6.92. The van der Waals surface area contributed by atoms with Crippen LogP contribution in [0.15, 0.2) is 33.3 Å². The molecule has 20 heavy (non-hydrogen) atoms. The summed E-state index contributed by atoms with van der Waals surface area (Å²) < 4.78 is 6.47. The van der Waals surface area contributed by atoms with Gasteiger partial charge < -0.3 is 9.42 Å². The molecule has 1 aromatic heterocycles. The molecule has 0 saturated carbocycles. The predicted molar refractivity (Wildman–Crippen MR) is 80.7 cm³/mol. The number of hydrogen-bond acceptors (Lipinski definition) is 4. The Labute approximate surface area is 127 Å². The molecule has 0 amide bonds. The fourth-order valence-corrected chi connectivity index (χ4v) is 3.04. The van der Waals surface area contributed by atoms with Crippen molar-refractivity contribution in [3.8, 4) is 0 Å². The lowest BCUT2D eigenvalue weighted by atomic mass is 9.96. The molecule has 1 saturated heterocycles. The second-order valence-corrected chi connectivity index (χ2v) is 6.35. The zero-order chi connectivity index (χ0) is 13.9. The maximum atomic E-state index is 5.40. The van der Waals surface area contributed by atoms with Gasteiger partial charge in [0.1, 0.15) is 0 Å². The molecule has 5 heteroatoms. The minimum atomic E-state index is 0.450. The normalized spacial score (nSPS) is 17.5. The number of piperidine rings is 1. The van der Waals surface area contributed by atoms with Crippen molar-refractivity contribution in [2.75, 3.05) is 20.1 Å². The van der Waals surface area contributed by atoms with Gasteiger partial charge in [0.25, 0.3) is 0 Å². The van der Waals surface area contributed by atoms with Crippen LogP contribution in [-0.4, -0.2) is 35.2 Å². The average molecular weight is 336 g/mol. The van der Waals surface area contributed by atoms with Crippen molar-refractivity contribution < 1.29 is 4.52 Å². The van der Waals surface area contributed by atoms with Crippen LogP contribution in [0, 0.1) is 0 Å². The molecule has 0 N–H and O–H groups in total. The molecule has 0 spiro atoms. The van der Waals surface area contributed by atoms with Gasteiger partial charge in [-0.25, -0.2) is 0 Å². The van der Waals surface area contributed by atoms with Crippen LogP contribution in [0.2, 0.25) is 0 Å². The third-order valence-corrected chi connectivity index (χ3v) is 4.31. The van der Waals surface area contributed by atoms with Crippen molar-refractivity contribution in [3.05, 3.63) is 46.0 Å². The van der Waals surface area contributed by atoms with Gasteiger partial charge in [0, 0.05) is 10.4 Å². The van der Waals surface area contributed by atoms with Gasteiger partial charge in [0.05, 0.1) is 6.42 Å². The summed E-state index contributed by atoms with van der Waals surface area (Å²) in [6.07, 6.45) is 2.93. The van der Waals surface area contributed by atoms with Gasteiger partial charge >= 0.3 is 0 Å². The number of halogens is 1. The smallest absolute Gasteiger partial charge is 0.231 e. The Hall–Kier alpha value is -1.20. The Morgan fingerprint density at radius 3 is 2.90 bits per heavy atom. The highest BCUT2D eigenvalue weighted by molar-refractivity contribution is 9.10. The Bertz CT molecular complexity index is 576. The summed E-state index contributed by atoms with van der Waals surface area (Å²) in [5.74, 6) is 2.03. The Morgan fingerprint density at radius 2 is 2.15 bits per heavy atom. The van der Waals surface area contributed by atoms with E-state index in [4.69, 9.17) is 4.52 Å². The monoisotopic (exact) mass is 335 g/mol. The van der Waals surface area contributed by atoms with E-state index in [1.165, 1.54) is 5.56 Å². The number of benzene rings is 1. The molecule has 106 valence electrons. The van der Waals surface area contributed by atoms with E-state index in [0.29, 0.717) is 18.2 Å². The summed E-state index contributed by atoms with van der Waals surface area (Å²) in [5, 5.41) is 4.17. The van der Waals surface area contributed by atoms with Crippen LogP contribution in [0.25, 0.3) is 0 Å². The van der Waals surface area contributed by atoms with Crippen LogP contribution in [0.1, 0.15) is 36.0 Å². The van der Waals surface area contributed by atoms with Crippen LogP contribution < -0.4 is 0 Å². The van der Waals surface area contributed by atoms with E-state index in [-0.39, 0.29) is 0 Å². The van der Waals surface area contributed by atoms with Crippen LogP contribution in [0.3, 0.4) is 0 Å². The predicted octanol–water partition coefficient (Wildman–Crippen LogP) is 3.23. The molecular weight excluding hydrogens is 318 g/mol. The zero-order valence-corrected chi connectivity index (χ0v) is 13.1. The first-order valence-electron chi connectivity index (χ1n) is 6.96. The van der Waals surface area contributed by atoms with Gasteiger partial charge in [0.15, 0.2) is 5.82 Å². The van der Waals surface area contributed by atoms with E-state index in [1.807, 2.05) is 12.1 Å². The van der Waals surface area contributed by atoms with E-state index in [1.54, 1.807) is 0 Å². The van der Waals surface area contributed by atoms with Gasteiger partial charge in [0.2, 0.25) is 5.89 Å². The van der Waals surface area contributed by atoms with Crippen molar-refractivity contribution in [2.24, 2.45) is 0 Å². The fraction of sp³-hybridized carbons (Fsp3) is 0.467. The summed E-state index contributed by atoms with van der Waals surface area (Å²) in [6.45, 7) is 2.22. The SMILES string of the molecule is CN1CCC(c2noc(Cc3cccc(Br)c3)n2)CC1. The molecule has 0 atom stereocenters. The minimum Gasteiger partial charge on any atom is -0.339 e. The van der Waals surface area contributed by atoms with E-state index >= 15 is 0 Å². The summed E-state index contributed by atoms with van der Waals surface area (Å²) in [7, 11) is 2.16. The first kappa shape index (κ1) is 13.8. The summed E-state index contributed by atoms with van der Waals surface area (Å²) >= 11 is 3.48. The molecule has 1 aromatic carbocycles. The minimum absolute atomic E-state index is 0.450. The molecule has 3 rings (SSSR count). The molecule has 1 fully saturated rings. The van der Waals surface area contributed by atoms with Crippen LogP contribution in [0.5, 0.6) is 0 Å². The molecule has 0 aliphatic carbocycles. The standard InChI is InChI=1S/C15H18BrN3O/c1-19-7-5-12(6-8-19)15-17-14(20-18-15)10-11-3-2-4-13(16)9-11/h2-4,9,12H,5-8,10H2,1H3. The molecule has 1 aliphatic rings. The Kier molecular flexibility index (Phi) is 4.17. The maximum Gasteiger partial charge on any atom is 0.231 e. The van der Waals surface area contributed by atoms with E-state index in [0.717, 1.165) is 36.2 Å². The fourth-order valence-electron chi connectivity index (χ4n) is 2.59. The molecule has 1 aliphatic heterocycles. The van der Waals surface area contributed by atoms with Crippen molar-refractivity contribution >= 4 is 15.9 Å². The topological polar surface area (TPSA) is 42.2 Å². The third-order valence-electron chi connectivity index (χ3n) is 3.81. The van der Waals surface area contributed by atoms with E-state index in [2.05, 4.69) is 50.2 Å². The number of nitrogens with zero attached hydrogens (tertiary/aromatic N) is 3. The van der Waals surface area contributed by atoms with Crippen molar-refractivity contribution in [2.45, 2.75) is 25.2 Å². The molecule has 0 radical (unpaired) electrons. The number of likely N-dealkylation sites (tertiary alicyclic amines) is 1. The van der Waals surface area contributed by atoms with E-state index < -0.39 is 0 Å². The highest BCUT2D eigenvalue weighted by Gasteiger charge is 2.22. The molecule has 4 nitrogen and oxygen atoms in total. The molecule has 0 bridgehead atoms. The second-order valence-electron chi connectivity index (χ2n) is 5.43. The highest BCUT2D eigenvalue weighted by Crippen LogP contribution is 2.25. The number of rotatable bonds is 3. The second kappa shape index (κ2) is 6.06. The lowest BCUT2D eigenvalue weighted by Crippen LogP contribution is -2.29. The molecule has 2 aromatic rings.